The number of aryl methyl sites for hydroxylation is 1. The Hall–Kier alpha value is -1.39. The van der Waals surface area contributed by atoms with E-state index in [0.29, 0.717) is 13.0 Å². The third-order valence-corrected chi connectivity index (χ3v) is 2.56. The largest absolute Gasteiger partial charge is 0.388 e. The van der Waals surface area contributed by atoms with Crippen LogP contribution in [0.15, 0.2) is 24.5 Å². The van der Waals surface area contributed by atoms with E-state index in [1.807, 2.05) is 29.9 Å². The molecule has 1 atom stereocenters. The van der Waals surface area contributed by atoms with Gasteiger partial charge in [0.25, 0.3) is 0 Å². The molecule has 2 rings (SSSR count). The predicted molar refractivity (Wildman–Crippen MR) is 59.3 cm³/mol. The van der Waals surface area contributed by atoms with Gasteiger partial charge in [-0.15, -0.1) is 0 Å². The zero-order valence-corrected chi connectivity index (χ0v) is 8.72. The fraction of sp³-hybridized carbons (Fsp3) is 0.364. The molecule has 0 aliphatic rings. The first kappa shape index (κ1) is 10.1. The Balaban J connectivity index is 2.52. The van der Waals surface area contributed by atoms with Gasteiger partial charge in [-0.05, 0) is 25.1 Å². The number of aliphatic hydroxyl groups is 1. The van der Waals surface area contributed by atoms with Crippen molar-refractivity contribution < 1.29 is 5.11 Å². The molecule has 0 radical (unpaired) electrons. The van der Waals surface area contributed by atoms with Gasteiger partial charge in [-0.25, -0.2) is 4.98 Å². The third-order valence-electron chi connectivity index (χ3n) is 2.56. The molecule has 2 aromatic heterocycles. The summed E-state index contributed by atoms with van der Waals surface area (Å²) >= 11 is 0. The molecule has 2 aromatic rings. The standard InChI is InChI=1S/C11H15N3O/c1-14-7-9(10(15)4-5-12)8-3-2-6-13-11(8)14/h2-3,6-7,10,15H,4-5,12H2,1H3. The zero-order chi connectivity index (χ0) is 10.8. The van der Waals surface area contributed by atoms with Gasteiger partial charge in [-0.1, -0.05) is 0 Å². The number of rotatable bonds is 3. The van der Waals surface area contributed by atoms with Crippen molar-refractivity contribution in [2.75, 3.05) is 6.54 Å². The van der Waals surface area contributed by atoms with Crippen LogP contribution in [-0.4, -0.2) is 21.2 Å². The zero-order valence-electron chi connectivity index (χ0n) is 8.72. The summed E-state index contributed by atoms with van der Waals surface area (Å²) in [6.07, 6.45) is 3.75. The molecule has 0 aromatic carbocycles. The molecule has 0 saturated heterocycles. The molecule has 0 amide bonds. The quantitative estimate of drug-likeness (QED) is 0.784. The molecule has 4 nitrogen and oxygen atoms in total. The Morgan fingerprint density at radius 3 is 3.13 bits per heavy atom. The first-order chi connectivity index (χ1) is 7.24. The summed E-state index contributed by atoms with van der Waals surface area (Å²) in [5, 5.41) is 10.9. The van der Waals surface area contributed by atoms with Gasteiger partial charge < -0.3 is 15.4 Å². The van der Waals surface area contributed by atoms with E-state index in [-0.39, 0.29) is 0 Å². The molecular weight excluding hydrogens is 190 g/mol. The monoisotopic (exact) mass is 205 g/mol. The average Bonchev–Trinajstić information content (AvgIpc) is 2.58. The predicted octanol–water partition coefficient (Wildman–Crippen LogP) is 0.956. The molecule has 4 heteroatoms. The van der Waals surface area contributed by atoms with Gasteiger partial charge >= 0.3 is 0 Å². The van der Waals surface area contributed by atoms with Crippen LogP contribution in [0, 0.1) is 0 Å². The fourth-order valence-electron chi connectivity index (χ4n) is 1.82. The maximum atomic E-state index is 9.91. The number of nitrogens with two attached hydrogens (primary N) is 1. The molecule has 80 valence electrons. The summed E-state index contributed by atoms with van der Waals surface area (Å²) in [6, 6.07) is 3.85. The van der Waals surface area contributed by atoms with Crippen LogP contribution < -0.4 is 5.73 Å². The summed E-state index contributed by atoms with van der Waals surface area (Å²) < 4.78 is 1.92. The van der Waals surface area contributed by atoms with E-state index >= 15 is 0 Å². The van der Waals surface area contributed by atoms with Crippen LogP contribution in [0.25, 0.3) is 11.0 Å². The summed E-state index contributed by atoms with van der Waals surface area (Å²) in [5.74, 6) is 0. The van der Waals surface area contributed by atoms with Gasteiger partial charge in [0.05, 0.1) is 6.10 Å². The summed E-state index contributed by atoms with van der Waals surface area (Å²) in [7, 11) is 1.92. The molecule has 0 saturated carbocycles. The van der Waals surface area contributed by atoms with Gasteiger partial charge in [0.1, 0.15) is 5.65 Å². The Kier molecular flexibility index (Phi) is 2.70. The molecule has 0 fully saturated rings. The molecule has 0 aliphatic heterocycles. The second-order valence-electron chi connectivity index (χ2n) is 3.66. The van der Waals surface area contributed by atoms with Crippen molar-refractivity contribution in [1.29, 1.82) is 0 Å². The normalized spacial score (nSPS) is 13.3. The Morgan fingerprint density at radius 1 is 1.60 bits per heavy atom. The maximum absolute atomic E-state index is 9.91. The summed E-state index contributed by atoms with van der Waals surface area (Å²) in [4.78, 5) is 4.26. The van der Waals surface area contributed by atoms with Gasteiger partial charge in [-0.2, -0.15) is 0 Å². The highest BCUT2D eigenvalue weighted by Crippen LogP contribution is 2.25. The molecular formula is C11H15N3O. The molecule has 1 unspecified atom stereocenters. The first-order valence-corrected chi connectivity index (χ1v) is 5.02. The SMILES string of the molecule is Cn1cc(C(O)CCN)c2cccnc21. The van der Waals surface area contributed by atoms with E-state index in [1.54, 1.807) is 6.20 Å². The van der Waals surface area contributed by atoms with E-state index in [2.05, 4.69) is 4.98 Å². The smallest absolute Gasteiger partial charge is 0.139 e. The fourth-order valence-corrected chi connectivity index (χ4v) is 1.82. The minimum atomic E-state index is -0.497. The Labute approximate surface area is 88.3 Å². The minimum absolute atomic E-state index is 0.484. The Morgan fingerprint density at radius 2 is 2.40 bits per heavy atom. The lowest BCUT2D eigenvalue weighted by Crippen LogP contribution is -2.06. The summed E-state index contributed by atoms with van der Waals surface area (Å²) in [5.41, 5.74) is 7.24. The van der Waals surface area contributed by atoms with Crippen molar-refractivity contribution in [3.8, 4) is 0 Å². The van der Waals surface area contributed by atoms with Crippen LogP contribution in [0.3, 0.4) is 0 Å². The molecule has 15 heavy (non-hydrogen) atoms. The lowest BCUT2D eigenvalue weighted by molar-refractivity contribution is 0.171. The number of aromatic nitrogens is 2. The van der Waals surface area contributed by atoms with Crippen molar-refractivity contribution in [2.24, 2.45) is 12.8 Å². The van der Waals surface area contributed by atoms with Crippen LogP contribution in [-0.2, 0) is 7.05 Å². The van der Waals surface area contributed by atoms with E-state index in [9.17, 15) is 5.11 Å². The first-order valence-electron chi connectivity index (χ1n) is 5.02. The maximum Gasteiger partial charge on any atom is 0.139 e. The number of hydrogen-bond donors (Lipinski definition) is 2. The van der Waals surface area contributed by atoms with Crippen LogP contribution in [0.2, 0.25) is 0 Å². The van der Waals surface area contributed by atoms with Gasteiger partial charge in [0.15, 0.2) is 0 Å². The highest BCUT2D eigenvalue weighted by molar-refractivity contribution is 5.80. The highest BCUT2D eigenvalue weighted by Gasteiger charge is 2.13. The molecule has 2 heterocycles. The van der Waals surface area contributed by atoms with Crippen LogP contribution in [0.4, 0.5) is 0 Å². The lowest BCUT2D eigenvalue weighted by atomic mass is 10.1. The number of pyridine rings is 1. The van der Waals surface area contributed by atoms with Gasteiger partial charge in [0, 0.05) is 30.4 Å². The minimum Gasteiger partial charge on any atom is -0.388 e. The molecule has 3 N–H and O–H groups in total. The molecule has 0 aliphatic carbocycles. The molecule has 0 spiro atoms. The second-order valence-corrected chi connectivity index (χ2v) is 3.66. The number of fused-ring (bicyclic) bond motifs is 1. The Bertz CT molecular complexity index is 464. The molecule has 0 bridgehead atoms. The van der Waals surface area contributed by atoms with Crippen molar-refractivity contribution in [2.45, 2.75) is 12.5 Å². The van der Waals surface area contributed by atoms with Crippen molar-refractivity contribution in [3.05, 3.63) is 30.1 Å². The lowest BCUT2D eigenvalue weighted by Gasteiger charge is -2.06. The van der Waals surface area contributed by atoms with Crippen molar-refractivity contribution in [1.82, 2.24) is 9.55 Å². The average molecular weight is 205 g/mol. The van der Waals surface area contributed by atoms with Crippen molar-refractivity contribution in [3.63, 3.8) is 0 Å². The highest BCUT2D eigenvalue weighted by atomic mass is 16.3. The van der Waals surface area contributed by atoms with E-state index < -0.39 is 6.10 Å². The van der Waals surface area contributed by atoms with Crippen LogP contribution in [0.5, 0.6) is 0 Å². The van der Waals surface area contributed by atoms with Crippen LogP contribution in [0.1, 0.15) is 18.1 Å². The van der Waals surface area contributed by atoms with Crippen molar-refractivity contribution >= 4 is 11.0 Å². The van der Waals surface area contributed by atoms with E-state index in [4.69, 9.17) is 5.73 Å². The summed E-state index contributed by atoms with van der Waals surface area (Å²) in [6.45, 7) is 0.484. The van der Waals surface area contributed by atoms with Gasteiger partial charge in [0.2, 0.25) is 0 Å². The third kappa shape index (κ3) is 1.73. The number of hydrogen-bond acceptors (Lipinski definition) is 3. The van der Waals surface area contributed by atoms with E-state index in [1.165, 1.54) is 0 Å². The number of nitrogens with zero attached hydrogens (tertiary/aromatic N) is 2. The van der Waals surface area contributed by atoms with Gasteiger partial charge in [-0.3, -0.25) is 0 Å². The topological polar surface area (TPSA) is 64.1 Å². The second kappa shape index (κ2) is 4.00. The van der Waals surface area contributed by atoms with E-state index in [0.717, 1.165) is 16.6 Å². The number of aliphatic hydroxyl groups excluding tert-OH is 1. The van der Waals surface area contributed by atoms with Crippen LogP contribution >= 0.6 is 0 Å².